The van der Waals surface area contributed by atoms with Crippen molar-refractivity contribution < 1.29 is 53.7 Å². The summed E-state index contributed by atoms with van der Waals surface area (Å²) in [4.78, 5) is 75.8. The van der Waals surface area contributed by atoms with Gasteiger partial charge in [0.1, 0.15) is 23.7 Å². The van der Waals surface area contributed by atoms with Gasteiger partial charge in [0.15, 0.2) is 16.6 Å². The number of β-lactam (4-membered cyclic amide) rings is 1. The second kappa shape index (κ2) is 14.5. The van der Waals surface area contributed by atoms with Crippen molar-refractivity contribution in [1.29, 1.82) is 0 Å². The third kappa shape index (κ3) is 7.53. The van der Waals surface area contributed by atoms with Crippen LogP contribution in [-0.2, 0) is 24.0 Å². The Hall–Kier alpha value is -4.66. The molecule has 3 aliphatic rings. The normalized spacial score (nSPS) is 20.0. The maximum absolute atomic E-state index is 13.5. The minimum atomic E-state index is -1.82. The van der Waals surface area contributed by atoms with Gasteiger partial charge in [-0.25, -0.2) is 9.59 Å². The van der Waals surface area contributed by atoms with Crippen LogP contribution in [0, 0.1) is 0 Å². The third-order valence-electron chi connectivity index (χ3n) is 8.91. The van der Waals surface area contributed by atoms with Gasteiger partial charge in [-0.15, -0.1) is 11.8 Å². The Kier molecular flexibility index (Phi) is 10.7. The zero-order chi connectivity index (χ0) is 37.4. The highest BCUT2D eigenvalue weighted by molar-refractivity contribution is 8.00. The number of nitrogens with zero attached hydrogens (tertiary/aromatic N) is 6. The number of rotatable bonds is 13. The van der Waals surface area contributed by atoms with Crippen LogP contribution in [0.2, 0.25) is 5.02 Å². The van der Waals surface area contributed by atoms with Crippen LogP contribution in [0.25, 0.3) is 0 Å². The minimum Gasteiger partial charge on any atom is -0.504 e. The molecule has 0 spiro atoms. The molecular weight excluding hydrogens is 732 g/mol. The van der Waals surface area contributed by atoms with Crippen LogP contribution in [0.4, 0.5) is 5.13 Å². The van der Waals surface area contributed by atoms with Gasteiger partial charge in [0, 0.05) is 42.7 Å². The van der Waals surface area contributed by atoms with E-state index in [2.05, 4.69) is 19.8 Å². The summed E-state index contributed by atoms with van der Waals surface area (Å²) in [7, 11) is 1.58. The number of phenolic OH excluding ortho intramolecular Hbond substituents is 2. The van der Waals surface area contributed by atoms with Gasteiger partial charge in [0.2, 0.25) is 17.1 Å². The Morgan fingerprint density at radius 1 is 1.22 bits per heavy atom. The van der Waals surface area contributed by atoms with E-state index in [1.807, 2.05) is 0 Å². The highest BCUT2D eigenvalue weighted by Crippen LogP contribution is 2.42. The molecule has 3 amide bonds. The van der Waals surface area contributed by atoms with Gasteiger partial charge in [0.05, 0.1) is 36.8 Å². The Bertz CT molecular complexity index is 1840. The Balaban J connectivity index is 1.31. The van der Waals surface area contributed by atoms with Crippen molar-refractivity contribution in [2.45, 2.75) is 43.7 Å². The zero-order valence-corrected chi connectivity index (χ0v) is 30.0. The summed E-state index contributed by atoms with van der Waals surface area (Å²) >= 11 is 8.15. The van der Waals surface area contributed by atoms with E-state index in [1.165, 1.54) is 42.6 Å². The first-order valence-electron chi connectivity index (χ1n) is 15.6. The molecule has 0 saturated carbocycles. The smallest absolute Gasteiger partial charge is 0.352 e. The zero-order valence-electron chi connectivity index (χ0n) is 27.7. The number of oxime groups is 1. The van der Waals surface area contributed by atoms with Gasteiger partial charge < -0.3 is 45.7 Å². The number of carboxylic acid groups (broad SMARTS) is 2. The fourth-order valence-electron chi connectivity index (χ4n) is 5.99. The van der Waals surface area contributed by atoms with Crippen LogP contribution in [-0.4, -0.2) is 142 Å². The number of phenols is 2. The largest absolute Gasteiger partial charge is 0.504 e. The molecule has 0 aliphatic carbocycles. The number of aliphatic carboxylic acids is 2. The van der Waals surface area contributed by atoms with Crippen molar-refractivity contribution >= 4 is 75.4 Å². The molecule has 0 unspecified atom stereocenters. The standard InChI is InChI=1S/C30H35ClN8O10S2/c1-30(2,28(47)48)49-35-18(22-34-29(32)51-36-22)23(42)33-19-25(44)38-20(27(45)46)14(13-50-26(19)38)12-39(9-4-5-10-39)11-8-37(3)24(43)15-6-7-16(40)21(41)17(15)31/h6-7,19,26H,4-5,8-13H2,1-3H3,(H6-,32,33,34,35,36,40,41,42,43,45,46,47,48)/p+1/t19-,26-/m1/s1. The van der Waals surface area contributed by atoms with Crippen LogP contribution >= 0.6 is 34.9 Å². The second-order valence-corrected chi connectivity index (χ2v) is 15.1. The van der Waals surface area contributed by atoms with Crippen molar-refractivity contribution in [1.82, 2.24) is 24.5 Å². The van der Waals surface area contributed by atoms with E-state index in [1.54, 1.807) is 7.05 Å². The molecule has 2 fully saturated rings. The second-order valence-electron chi connectivity index (χ2n) is 12.8. The fourth-order valence-corrected chi connectivity index (χ4v) is 8.00. The number of benzene rings is 1. The van der Waals surface area contributed by atoms with Crippen LogP contribution in [0.3, 0.4) is 0 Å². The van der Waals surface area contributed by atoms with E-state index in [4.69, 9.17) is 22.2 Å². The number of quaternary nitrogens is 1. The molecule has 1 aromatic carbocycles. The first-order chi connectivity index (χ1) is 24.0. The summed E-state index contributed by atoms with van der Waals surface area (Å²) in [5.41, 5.74) is 3.72. The summed E-state index contributed by atoms with van der Waals surface area (Å²) in [6.45, 7) is 4.93. The highest BCUT2D eigenvalue weighted by Gasteiger charge is 2.55. The number of hydrogen-bond acceptors (Lipinski definition) is 14. The first-order valence-corrected chi connectivity index (χ1v) is 17.8. The number of thioether (sulfide) groups is 1. The van der Waals surface area contributed by atoms with E-state index in [0.717, 1.165) is 42.4 Å². The lowest BCUT2D eigenvalue weighted by Gasteiger charge is -2.50. The Labute approximate surface area is 304 Å². The Morgan fingerprint density at radius 2 is 1.90 bits per heavy atom. The lowest BCUT2D eigenvalue weighted by molar-refractivity contribution is -0.911. The monoisotopic (exact) mass is 767 g/mol. The van der Waals surface area contributed by atoms with Crippen LogP contribution < -0.4 is 11.1 Å². The van der Waals surface area contributed by atoms with E-state index in [0.29, 0.717) is 23.1 Å². The number of carboxylic acids is 2. The number of nitrogens with one attached hydrogen (secondary N) is 1. The van der Waals surface area contributed by atoms with Gasteiger partial charge in [0.25, 0.3) is 17.7 Å². The molecule has 1 aromatic heterocycles. The van der Waals surface area contributed by atoms with E-state index < -0.39 is 63.9 Å². The summed E-state index contributed by atoms with van der Waals surface area (Å²) < 4.78 is 4.42. The van der Waals surface area contributed by atoms with Crippen LogP contribution in [0.5, 0.6) is 11.5 Å². The molecule has 2 atom stereocenters. The van der Waals surface area contributed by atoms with E-state index in [-0.39, 0.29) is 39.5 Å². The molecule has 5 rings (SSSR count). The summed E-state index contributed by atoms with van der Waals surface area (Å²) in [5, 5.41) is 44.6. The lowest BCUT2D eigenvalue weighted by Crippen LogP contribution is -2.71. The average molecular weight is 768 g/mol. The lowest BCUT2D eigenvalue weighted by atomic mass is 10.0. The molecule has 51 heavy (non-hydrogen) atoms. The topological polar surface area (TPSA) is 258 Å². The Morgan fingerprint density at radius 3 is 2.51 bits per heavy atom. The van der Waals surface area contributed by atoms with Gasteiger partial charge in [-0.2, -0.15) is 9.36 Å². The van der Waals surface area contributed by atoms with Crippen LogP contribution in [0.1, 0.15) is 42.9 Å². The van der Waals surface area contributed by atoms with Crippen molar-refractivity contribution in [3.8, 4) is 11.5 Å². The number of likely N-dealkylation sites (N-methyl/N-ethyl adjacent to an activating group) is 1. The van der Waals surface area contributed by atoms with Gasteiger partial charge in [-0.05, 0) is 26.0 Å². The maximum Gasteiger partial charge on any atom is 0.352 e. The number of fused-ring (bicyclic) bond motifs is 1. The third-order valence-corrected chi connectivity index (χ3v) is 11.2. The first kappa shape index (κ1) is 37.6. The number of carbonyl (C=O) groups is 5. The molecule has 2 aromatic rings. The SMILES string of the molecule is CN(CC[N+]1(CC2=C(C(=O)O)N3C(=O)[C@@H](NC(=O)/C(=N\OC(C)(C)C(=O)O)c4nsc(N)n4)[C@H]3SC2)CCCC1)C(=O)c1ccc(O)c(O)c1Cl. The average Bonchev–Trinajstić information content (AvgIpc) is 3.73. The fraction of sp³-hybridized carbons (Fsp3) is 0.467. The number of nitrogens with two attached hydrogens (primary N) is 1. The maximum atomic E-state index is 13.5. The number of amides is 3. The summed E-state index contributed by atoms with van der Waals surface area (Å²) in [5.74, 6) is -5.78. The predicted molar refractivity (Wildman–Crippen MR) is 184 cm³/mol. The molecular formula is C30H36ClN8O10S2+. The van der Waals surface area contributed by atoms with E-state index in [9.17, 15) is 44.4 Å². The molecule has 274 valence electrons. The number of hydrogen-bond donors (Lipinski definition) is 6. The molecule has 21 heteroatoms. The van der Waals surface area contributed by atoms with E-state index >= 15 is 0 Å². The highest BCUT2D eigenvalue weighted by atomic mass is 35.5. The minimum absolute atomic E-state index is 0.000740. The summed E-state index contributed by atoms with van der Waals surface area (Å²) in [6.07, 6.45) is 1.77. The van der Waals surface area contributed by atoms with Crippen molar-refractivity contribution in [3.63, 3.8) is 0 Å². The van der Waals surface area contributed by atoms with Crippen LogP contribution in [0.15, 0.2) is 28.6 Å². The van der Waals surface area contributed by atoms with Gasteiger partial charge in [-0.1, -0.05) is 16.8 Å². The summed E-state index contributed by atoms with van der Waals surface area (Å²) in [6, 6.07) is 1.35. The molecule has 0 bridgehead atoms. The molecule has 4 heterocycles. The van der Waals surface area contributed by atoms with Crippen molar-refractivity contribution in [3.05, 3.63) is 39.8 Å². The number of anilines is 1. The number of carbonyl (C=O) groups excluding carboxylic acids is 3. The quantitative estimate of drug-likeness (QED) is 0.0544. The molecule has 0 radical (unpaired) electrons. The van der Waals surface area contributed by atoms with Crippen molar-refractivity contribution in [2.24, 2.45) is 5.16 Å². The number of nitrogen functional groups attached to an aromatic ring is 1. The molecule has 2 saturated heterocycles. The van der Waals surface area contributed by atoms with Gasteiger partial charge >= 0.3 is 11.9 Å². The number of halogens is 1. The number of likely N-dealkylation sites (tertiary alicyclic amines) is 1. The van der Waals surface area contributed by atoms with Gasteiger partial charge in [-0.3, -0.25) is 19.3 Å². The van der Waals surface area contributed by atoms with Crippen molar-refractivity contribution in [2.75, 3.05) is 51.3 Å². The number of aromatic nitrogens is 2. The molecule has 7 N–H and O–H groups in total. The predicted octanol–water partition coefficient (Wildman–Crippen LogP) is 0.890. The molecule has 18 nitrogen and oxygen atoms in total. The number of aromatic hydroxyl groups is 2. The molecule has 3 aliphatic heterocycles.